The number of fused-ring (bicyclic) bond motifs is 1. The van der Waals surface area contributed by atoms with Crippen LogP contribution in [0, 0.1) is 0 Å². The molecule has 18 heavy (non-hydrogen) atoms. The largest absolute Gasteiger partial charge is 0.493 e. The van der Waals surface area contributed by atoms with Crippen molar-refractivity contribution in [2.45, 2.75) is 31.8 Å². The van der Waals surface area contributed by atoms with Crippen LogP contribution in [-0.2, 0) is 4.79 Å². The fourth-order valence-electron chi connectivity index (χ4n) is 2.19. The Balaban J connectivity index is 1.96. The molecule has 0 spiro atoms. The van der Waals surface area contributed by atoms with E-state index in [0.29, 0.717) is 19.6 Å². The summed E-state index contributed by atoms with van der Waals surface area (Å²) < 4.78 is 5.56. The van der Waals surface area contributed by atoms with Gasteiger partial charge in [-0.15, -0.1) is 0 Å². The van der Waals surface area contributed by atoms with Crippen molar-refractivity contribution >= 4 is 5.91 Å². The van der Waals surface area contributed by atoms with Crippen molar-refractivity contribution in [3.8, 4) is 5.75 Å². The summed E-state index contributed by atoms with van der Waals surface area (Å²) >= 11 is 0. The zero-order chi connectivity index (χ0) is 13.0. The number of para-hydroxylation sites is 1. The van der Waals surface area contributed by atoms with E-state index < -0.39 is 6.10 Å². The summed E-state index contributed by atoms with van der Waals surface area (Å²) in [4.78, 5) is 11.8. The summed E-state index contributed by atoms with van der Waals surface area (Å²) in [5.41, 5.74) is 1.11. The van der Waals surface area contributed by atoms with Crippen LogP contribution >= 0.6 is 0 Å². The second kappa shape index (κ2) is 5.87. The second-order valence-corrected chi connectivity index (χ2v) is 4.73. The zero-order valence-electron chi connectivity index (χ0n) is 10.6. The van der Waals surface area contributed by atoms with Crippen LogP contribution in [0.1, 0.15) is 31.2 Å². The lowest BCUT2D eigenvalue weighted by Crippen LogP contribution is -2.32. The van der Waals surface area contributed by atoms with Gasteiger partial charge >= 0.3 is 0 Å². The molecule has 2 N–H and O–H groups in total. The molecule has 0 saturated carbocycles. The molecule has 98 valence electrons. The number of carbonyl (C=O) groups is 1. The summed E-state index contributed by atoms with van der Waals surface area (Å²) in [6.07, 6.45) is 0.808. The Morgan fingerprint density at radius 2 is 2.33 bits per heavy atom. The van der Waals surface area contributed by atoms with Gasteiger partial charge in [-0.25, -0.2) is 0 Å². The molecular weight excluding hydrogens is 230 g/mol. The van der Waals surface area contributed by atoms with Crippen LogP contribution in [0.4, 0.5) is 0 Å². The van der Waals surface area contributed by atoms with Gasteiger partial charge in [0.2, 0.25) is 5.91 Å². The molecule has 2 unspecified atom stereocenters. The first-order valence-corrected chi connectivity index (χ1v) is 6.33. The van der Waals surface area contributed by atoms with Crippen molar-refractivity contribution in [1.82, 2.24) is 5.32 Å². The number of amides is 1. The minimum atomic E-state index is -0.504. The lowest BCUT2D eigenvalue weighted by atomic mass is 9.90. The average molecular weight is 249 g/mol. The predicted molar refractivity (Wildman–Crippen MR) is 68.6 cm³/mol. The number of aliphatic hydroxyl groups excluding tert-OH is 1. The maximum absolute atomic E-state index is 11.8. The molecule has 0 aliphatic carbocycles. The van der Waals surface area contributed by atoms with Gasteiger partial charge in [-0.05, 0) is 30.9 Å². The van der Waals surface area contributed by atoms with Gasteiger partial charge in [0.05, 0.1) is 12.7 Å². The molecule has 0 fully saturated rings. The lowest BCUT2D eigenvalue weighted by molar-refractivity contribution is -0.122. The van der Waals surface area contributed by atoms with Gasteiger partial charge in [0.1, 0.15) is 5.75 Å². The first-order chi connectivity index (χ1) is 8.66. The number of benzene rings is 1. The van der Waals surface area contributed by atoms with E-state index in [1.165, 1.54) is 0 Å². The SMILES string of the molecule is CC(O)CNC(=O)CC1CCOc2ccccc21. The molecule has 0 aromatic heterocycles. The number of hydrogen-bond acceptors (Lipinski definition) is 3. The van der Waals surface area contributed by atoms with E-state index in [1.54, 1.807) is 6.92 Å². The van der Waals surface area contributed by atoms with Crippen molar-refractivity contribution < 1.29 is 14.6 Å². The third kappa shape index (κ3) is 3.23. The van der Waals surface area contributed by atoms with Crippen molar-refractivity contribution in [2.24, 2.45) is 0 Å². The van der Waals surface area contributed by atoms with E-state index >= 15 is 0 Å². The Kier molecular flexibility index (Phi) is 4.20. The van der Waals surface area contributed by atoms with Gasteiger partial charge in [-0.1, -0.05) is 18.2 Å². The minimum Gasteiger partial charge on any atom is -0.493 e. The summed E-state index contributed by atoms with van der Waals surface area (Å²) in [6.45, 7) is 2.62. The molecule has 2 rings (SSSR count). The van der Waals surface area contributed by atoms with Crippen LogP contribution < -0.4 is 10.1 Å². The molecular formula is C14H19NO3. The van der Waals surface area contributed by atoms with Crippen molar-refractivity contribution in [3.05, 3.63) is 29.8 Å². The summed E-state index contributed by atoms with van der Waals surface area (Å²) in [7, 11) is 0. The van der Waals surface area contributed by atoms with Gasteiger partial charge in [0.15, 0.2) is 0 Å². The number of hydrogen-bond donors (Lipinski definition) is 2. The first-order valence-electron chi connectivity index (χ1n) is 6.33. The highest BCUT2D eigenvalue weighted by molar-refractivity contribution is 5.77. The fraction of sp³-hybridized carbons (Fsp3) is 0.500. The molecule has 4 nitrogen and oxygen atoms in total. The normalized spacial score (nSPS) is 19.6. The highest BCUT2D eigenvalue weighted by Gasteiger charge is 2.23. The van der Waals surface area contributed by atoms with Crippen molar-refractivity contribution in [3.63, 3.8) is 0 Å². The monoisotopic (exact) mass is 249 g/mol. The summed E-state index contributed by atoms with van der Waals surface area (Å²) in [5, 5.41) is 11.9. The highest BCUT2D eigenvalue weighted by atomic mass is 16.5. The van der Waals surface area contributed by atoms with Crippen LogP contribution in [0.5, 0.6) is 5.75 Å². The molecule has 2 atom stereocenters. The van der Waals surface area contributed by atoms with Gasteiger partial charge in [-0.3, -0.25) is 4.79 Å². The molecule has 0 saturated heterocycles. The van der Waals surface area contributed by atoms with E-state index in [1.807, 2.05) is 24.3 Å². The summed E-state index contributed by atoms with van der Waals surface area (Å²) in [6, 6.07) is 7.86. The maximum Gasteiger partial charge on any atom is 0.220 e. The van der Waals surface area contributed by atoms with Crippen LogP contribution in [0.25, 0.3) is 0 Å². The Bertz CT molecular complexity index is 417. The van der Waals surface area contributed by atoms with E-state index in [0.717, 1.165) is 17.7 Å². The molecule has 0 radical (unpaired) electrons. The van der Waals surface area contributed by atoms with Crippen LogP contribution in [0.15, 0.2) is 24.3 Å². The average Bonchev–Trinajstić information content (AvgIpc) is 2.37. The number of aliphatic hydroxyl groups is 1. The maximum atomic E-state index is 11.8. The Morgan fingerprint density at radius 3 is 3.11 bits per heavy atom. The molecule has 0 bridgehead atoms. The Morgan fingerprint density at radius 1 is 1.56 bits per heavy atom. The highest BCUT2D eigenvalue weighted by Crippen LogP contribution is 2.35. The Labute approximate surface area is 107 Å². The smallest absolute Gasteiger partial charge is 0.220 e. The van der Waals surface area contributed by atoms with Gasteiger partial charge in [-0.2, -0.15) is 0 Å². The molecule has 1 aliphatic rings. The van der Waals surface area contributed by atoms with Gasteiger partial charge in [0.25, 0.3) is 0 Å². The number of ether oxygens (including phenoxy) is 1. The number of nitrogens with one attached hydrogen (secondary N) is 1. The quantitative estimate of drug-likeness (QED) is 0.849. The molecule has 1 amide bonds. The van der Waals surface area contributed by atoms with Crippen LogP contribution in [0.2, 0.25) is 0 Å². The van der Waals surface area contributed by atoms with Crippen molar-refractivity contribution in [2.75, 3.05) is 13.2 Å². The molecule has 1 aliphatic heterocycles. The standard InChI is InChI=1S/C14H19NO3/c1-10(16)9-15-14(17)8-11-6-7-18-13-5-3-2-4-12(11)13/h2-5,10-11,16H,6-9H2,1H3,(H,15,17). The first kappa shape index (κ1) is 12.9. The van der Waals surface area contributed by atoms with Gasteiger partial charge in [0, 0.05) is 13.0 Å². The fourth-order valence-corrected chi connectivity index (χ4v) is 2.19. The topological polar surface area (TPSA) is 58.6 Å². The molecule has 4 heteroatoms. The Hall–Kier alpha value is -1.55. The second-order valence-electron chi connectivity index (χ2n) is 4.73. The number of carbonyl (C=O) groups excluding carboxylic acids is 1. The van der Waals surface area contributed by atoms with E-state index in [9.17, 15) is 4.79 Å². The van der Waals surface area contributed by atoms with Gasteiger partial charge < -0.3 is 15.2 Å². The van der Waals surface area contributed by atoms with E-state index in [2.05, 4.69) is 5.32 Å². The third-order valence-electron chi connectivity index (χ3n) is 3.11. The predicted octanol–water partition coefficient (Wildman–Crippen LogP) is 1.44. The van der Waals surface area contributed by atoms with Crippen molar-refractivity contribution in [1.29, 1.82) is 0 Å². The minimum absolute atomic E-state index is 0.0161. The number of rotatable bonds is 4. The summed E-state index contributed by atoms with van der Waals surface area (Å²) in [5.74, 6) is 1.08. The molecule has 1 aromatic rings. The van der Waals surface area contributed by atoms with Crippen LogP contribution in [0.3, 0.4) is 0 Å². The van der Waals surface area contributed by atoms with E-state index in [4.69, 9.17) is 9.84 Å². The molecule has 1 heterocycles. The van der Waals surface area contributed by atoms with Crippen LogP contribution in [-0.4, -0.2) is 30.3 Å². The van der Waals surface area contributed by atoms with E-state index in [-0.39, 0.29) is 11.8 Å². The molecule has 1 aromatic carbocycles. The lowest BCUT2D eigenvalue weighted by Gasteiger charge is -2.25. The zero-order valence-corrected chi connectivity index (χ0v) is 10.6. The third-order valence-corrected chi connectivity index (χ3v) is 3.11.